The number of fused-ring (bicyclic) bond motifs is 1. The Bertz CT molecular complexity index is 731. The molecule has 1 aromatic carbocycles. The summed E-state index contributed by atoms with van der Waals surface area (Å²) in [6, 6.07) is 4.86. The Morgan fingerprint density at radius 2 is 2.17 bits per heavy atom. The third kappa shape index (κ3) is 3.87. The van der Waals surface area contributed by atoms with Crippen molar-refractivity contribution in [2.24, 2.45) is 5.41 Å². The van der Waals surface area contributed by atoms with Crippen LogP contribution in [0.1, 0.15) is 13.8 Å². The van der Waals surface area contributed by atoms with Crippen LogP contribution >= 0.6 is 15.9 Å². The van der Waals surface area contributed by atoms with Gasteiger partial charge in [-0.25, -0.2) is 8.42 Å². The predicted molar refractivity (Wildman–Crippen MR) is 94.6 cm³/mol. The maximum atomic E-state index is 12.7. The summed E-state index contributed by atoms with van der Waals surface area (Å²) in [6.45, 7) is 7.87. The molecule has 0 fully saturated rings. The van der Waals surface area contributed by atoms with Gasteiger partial charge < -0.3 is 9.64 Å². The lowest BCUT2D eigenvalue weighted by molar-refractivity contribution is -0.127. The molecular weight excluding hydrogens is 384 g/mol. The molecule has 0 unspecified atom stereocenters. The fourth-order valence-corrected chi connectivity index (χ4v) is 3.11. The number of amides is 1. The summed E-state index contributed by atoms with van der Waals surface area (Å²) >= 11 is 2.92. The number of halogens is 1. The minimum Gasteiger partial charge on any atom is -0.490 e. The van der Waals surface area contributed by atoms with Gasteiger partial charge in [-0.1, -0.05) is 22.0 Å². The standard InChI is InChI=1S/C15H19BrN2O4S/c1-4-7-18-12-6-5-11(17-23(20,21)10-16)8-13(12)22-9-15(2,3)14(18)19/h4-6,8,17H,1,7,9-10H2,2-3H3. The van der Waals surface area contributed by atoms with Crippen LogP contribution in [0.25, 0.3) is 0 Å². The van der Waals surface area contributed by atoms with Crippen LogP contribution in [0.3, 0.4) is 0 Å². The van der Waals surface area contributed by atoms with E-state index in [0.717, 1.165) is 0 Å². The average Bonchev–Trinajstić information content (AvgIpc) is 2.58. The number of carbonyl (C=O) groups excluding carboxylic acids is 1. The zero-order chi connectivity index (χ0) is 17.3. The summed E-state index contributed by atoms with van der Waals surface area (Å²) < 4.78 is 31.3. The van der Waals surface area contributed by atoms with E-state index >= 15 is 0 Å². The first-order valence-electron chi connectivity index (χ1n) is 6.96. The van der Waals surface area contributed by atoms with Crippen LogP contribution in [0.15, 0.2) is 30.9 Å². The van der Waals surface area contributed by atoms with E-state index in [9.17, 15) is 13.2 Å². The third-order valence-corrected chi connectivity index (χ3v) is 6.03. The molecule has 0 aliphatic carbocycles. The number of alkyl halides is 1. The van der Waals surface area contributed by atoms with Gasteiger partial charge >= 0.3 is 0 Å². The Morgan fingerprint density at radius 3 is 2.78 bits per heavy atom. The first kappa shape index (κ1) is 17.8. The van der Waals surface area contributed by atoms with Crippen molar-refractivity contribution in [3.05, 3.63) is 30.9 Å². The summed E-state index contributed by atoms with van der Waals surface area (Å²) in [6.07, 6.45) is 1.64. The second-order valence-electron chi connectivity index (χ2n) is 5.89. The van der Waals surface area contributed by atoms with Crippen molar-refractivity contribution in [2.45, 2.75) is 13.8 Å². The van der Waals surface area contributed by atoms with Gasteiger partial charge in [-0.05, 0) is 26.0 Å². The highest BCUT2D eigenvalue weighted by molar-refractivity contribution is 9.10. The molecule has 0 bridgehead atoms. The summed E-state index contributed by atoms with van der Waals surface area (Å²) in [4.78, 5) is 14.3. The number of nitrogens with one attached hydrogen (secondary N) is 1. The second-order valence-corrected chi connectivity index (χ2v) is 8.91. The van der Waals surface area contributed by atoms with Crippen LogP contribution in [-0.4, -0.2) is 32.1 Å². The van der Waals surface area contributed by atoms with E-state index in [2.05, 4.69) is 27.2 Å². The summed E-state index contributed by atoms with van der Waals surface area (Å²) in [5.41, 5.74) is 0.300. The number of anilines is 2. The van der Waals surface area contributed by atoms with Gasteiger partial charge in [0.25, 0.3) is 0 Å². The smallest absolute Gasteiger partial charge is 0.242 e. The number of hydrogen-bond acceptors (Lipinski definition) is 4. The molecule has 1 N–H and O–H groups in total. The van der Waals surface area contributed by atoms with Gasteiger partial charge in [0.1, 0.15) is 17.0 Å². The average molecular weight is 403 g/mol. The summed E-state index contributed by atoms with van der Waals surface area (Å²) in [5, 5.41) is 0. The molecule has 8 heteroatoms. The molecule has 1 aliphatic heterocycles. The van der Waals surface area contributed by atoms with Gasteiger partial charge in [0.05, 0.1) is 16.8 Å². The minimum atomic E-state index is -3.45. The van der Waals surface area contributed by atoms with Gasteiger partial charge in [0.15, 0.2) is 0 Å². The van der Waals surface area contributed by atoms with Crippen LogP contribution in [0.5, 0.6) is 5.75 Å². The first-order chi connectivity index (χ1) is 10.7. The van der Waals surface area contributed by atoms with Gasteiger partial charge in [0.2, 0.25) is 15.9 Å². The highest BCUT2D eigenvalue weighted by Gasteiger charge is 2.37. The molecule has 1 heterocycles. The van der Waals surface area contributed by atoms with E-state index in [1.807, 2.05) is 13.8 Å². The fraction of sp³-hybridized carbons (Fsp3) is 0.400. The molecule has 6 nitrogen and oxygen atoms in total. The van der Waals surface area contributed by atoms with Crippen molar-refractivity contribution >= 4 is 43.2 Å². The lowest BCUT2D eigenvalue weighted by Crippen LogP contribution is -2.42. The van der Waals surface area contributed by atoms with Crippen molar-refractivity contribution in [3.8, 4) is 5.75 Å². The number of carbonyl (C=O) groups is 1. The van der Waals surface area contributed by atoms with E-state index in [-0.39, 0.29) is 17.2 Å². The van der Waals surface area contributed by atoms with Gasteiger partial charge in [-0.15, -0.1) is 6.58 Å². The molecule has 0 saturated carbocycles. The number of benzene rings is 1. The van der Waals surface area contributed by atoms with E-state index < -0.39 is 15.4 Å². The van der Waals surface area contributed by atoms with Gasteiger partial charge in [0, 0.05) is 12.6 Å². The molecule has 0 saturated heterocycles. The Kier molecular flexibility index (Phi) is 5.05. The van der Waals surface area contributed by atoms with E-state index in [4.69, 9.17) is 4.74 Å². The second kappa shape index (κ2) is 6.52. The van der Waals surface area contributed by atoms with Crippen molar-refractivity contribution in [3.63, 3.8) is 0 Å². The lowest BCUT2D eigenvalue weighted by Gasteiger charge is -2.27. The van der Waals surface area contributed by atoms with E-state index in [1.165, 1.54) is 0 Å². The Hall–Kier alpha value is -1.54. The molecule has 1 amide bonds. The largest absolute Gasteiger partial charge is 0.490 e. The Balaban J connectivity index is 2.45. The van der Waals surface area contributed by atoms with Crippen molar-refractivity contribution in [2.75, 3.05) is 27.4 Å². The topological polar surface area (TPSA) is 75.7 Å². The third-order valence-electron chi connectivity index (χ3n) is 3.39. The molecule has 0 atom stereocenters. The normalized spacial score (nSPS) is 17.0. The van der Waals surface area contributed by atoms with Crippen LogP contribution in [0.4, 0.5) is 11.4 Å². The molecule has 126 valence electrons. The number of sulfonamides is 1. The first-order valence-corrected chi connectivity index (χ1v) is 9.74. The maximum Gasteiger partial charge on any atom is 0.242 e. The van der Waals surface area contributed by atoms with Crippen LogP contribution < -0.4 is 14.4 Å². The lowest BCUT2D eigenvalue weighted by atomic mass is 9.93. The SMILES string of the molecule is C=CCN1C(=O)C(C)(C)COc2cc(NS(=O)(=O)CBr)ccc21. The molecule has 23 heavy (non-hydrogen) atoms. The predicted octanol–water partition coefficient (Wildman–Crippen LogP) is 2.72. The number of nitrogens with zero attached hydrogens (tertiary/aromatic N) is 1. The Morgan fingerprint density at radius 1 is 1.48 bits per heavy atom. The van der Waals surface area contributed by atoms with E-state index in [1.54, 1.807) is 29.2 Å². The maximum absolute atomic E-state index is 12.7. The molecule has 0 radical (unpaired) electrons. The van der Waals surface area contributed by atoms with Crippen molar-refractivity contribution < 1.29 is 17.9 Å². The van der Waals surface area contributed by atoms with Gasteiger partial charge in [-0.3, -0.25) is 9.52 Å². The zero-order valence-corrected chi connectivity index (χ0v) is 15.4. The molecule has 1 aliphatic rings. The van der Waals surface area contributed by atoms with Crippen LogP contribution in [0, 0.1) is 5.41 Å². The molecule has 0 spiro atoms. The molecular formula is C15H19BrN2O4S. The van der Waals surface area contributed by atoms with Gasteiger partial charge in [-0.2, -0.15) is 0 Å². The van der Waals surface area contributed by atoms with Crippen LogP contribution in [-0.2, 0) is 14.8 Å². The minimum absolute atomic E-state index is 0.0649. The van der Waals surface area contributed by atoms with E-state index in [0.29, 0.717) is 23.7 Å². The highest BCUT2D eigenvalue weighted by atomic mass is 79.9. The number of hydrogen-bond donors (Lipinski definition) is 1. The highest BCUT2D eigenvalue weighted by Crippen LogP contribution is 2.38. The van der Waals surface area contributed by atoms with Crippen molar-refractivity contribution in [1.82, 2.24) is 0 Å². The summed E-state index contributed by atoms with van der Waals surface area (Å²) in [7, 11) is -3.45. The molecule has 1 aromatic rings. The summed E-state index contributed by atoms with van der Waals surface area (Å²) in [5.74, 6) is 0.394. The Labute approximate surface area is 144 Å². The zero-order valence-electron chi connectivity index (χ0n) is 13.0. The number of ether oxygens (including phenoxy) is 1. The molecule has 2 rings (SSSR count). The number of rotatable bonds is 5. The molecule has 0 aromatic heterocycles. The fourth-order valence-electron chi connectivity index (χ4n) is 2.23. The van der Waals surface area contributed by atoms with Crippen molar-refractivity contribution in [1.29, 1.82) is 0 Å². The van der Waals surface area contributed by atoms with Crippen LogP contribution in [0.2, 0.25) is 0 Å². The monoisotopic (exact) mass is 402 g/mol. The quantitative estimate of drug-likeness (QED) is 0.606.